The van der Waals surface area contributed by atoms with E-state index in [9.17, 15) is 0 Å². The molecule has 0 spiro atoms. The molecule has 19 heavy (non-hydrogen) atoms. The topological polar surface area (TPSA) is 28.7 Å². The van der Waals surface area contributed by atoms with E-state index in [1.165, 1.54) is 22.3 Å². The number of fused-ring (bicyclic) bond motifs is 1. The summed E-state index contributed by atoms with van der Waals surface area (Å²) in [5, 5.41) is 0. The molecule has 0 atom stereocenters. The first-order chi connectivity index (χ1) is 9.02. The second-order valence-corrected chi connectivity index (χ2v) is 5.42. The monoisotopic (exact) mass is 250 g/mol. The van der Waals surface area contributed by atoms with Gasteiger partial charge in [0.2, 0.25) is 0 Å². The van der Waals surface area contributed by atoms with Crippen molar-refractivity contribution >= 4 is 11.0 Å². The highest BCUT2D eigenvalue weighted by molar-refractivity contribution is 5.81. The summed E-state index contributed by atoms with van der Waals surface area (Å²) in [6.07, 6.45) is 0. The SMILES string of the molecule is Cc1cc(C)cc(-c2nc3cc(C)c(C)cc3[nH]2)c1. The summed E-state index contributed by atoms with van der Waals surface area (Å²) >= 11 is 0. The molecule has 0 saturated heterocycles. The average molecular weight is 250 g/mol. The van der Waals surface area contributed by atoms with Crippen molar-refractivity contribution in [1.29, 1.82) is 0 Å². The van der Waals surface area contributed by atoms with Gasteiger partial charge in [0.25, 0.3) is 0 Å². The Balaban J connectivity index is 2.20. The fraction of sp³-hybridized carbons (Fsp3) is 0.235. The summed E-state index contributed by atoms with van der Waals surface area (Å²) in [5.74, 6) is 0.951. The predicted octanol–water partition coefficient (Wildman–Crippen LogP) is 4.46. The molecule has 0 unspecified atom stereocenters. The van der Waals surface area contributed by atoms with Gasteiger partial charge in [0, 0.05) is 5.56 Å². The normalized spacial score (nSPS) is 11.2. The molecule has 1 aromatic heterocycles. The van der Waals surface area contributed by atoms with E-state index >= 15 is 0 Å². The lowest BCUT2D eigenvalue weighted by Gasteiger charge is -2.01. The fourth-order valence-electron chi connectivity index (χ4n) is 2.52. The van der Waals surface area contributed by atoms with Crippen LogP contribution in [0, 0.1) is 27.7 Å². The Hall–Kier alpha value is -2.09. The molecule has 0 saturated carbocycles. The Kier molecular flexibility index (Phi) is 2.67. The summed E-state index contributed by atoms with van der Waals surface area (Å²) < 4.78 is 0. The van der Waals surface area contributed by atoms with Crippen molar-refractivity contribution in [3.05, 3.63) is 52.6 Å². The highest BCUT2D eigenvalue weighted by Gasteiger charge is 2.07. The van der Waals surface area contributed by atoms with Crippen LogP contribution in [0.1, 0.15) is 22.3 Å². The molecule has 0 aliphatic rings. The highest BCUT2D eigenvalue weighted by atomic mass is 14.9. The molecule has 0 bridgehead atoms. The van der Waals surface area contributed by atoms with Gasteiger partial charge in [-0.3, -0.25) is 0 Å². The van der Waals surface area contributed by atoms with E-state index in [0.29, 0.717) is 0 Å². The quantitative estimate of drug-likeness (QED) is 0.678. The third kappa shape index (κ3) is 2.14. The van der Waals surface area contributed by atoms with Crippen LogP contribution in [0.15, 0.2) is 30.3 Å². The minimum Gasteiger partial charge on any atom is -0.338 e. The van der Waals surface area contributed by atoms with E-state index in [1.807, 2.05) is 0 Å². The van der Waals surface area contributed by atoms with Gasteiger partial charge in [-0.15, -0.1) is 0 Å². The van der Waals surface area contributed by atoms with Crippen LogP contribution in [0.25, 0.3) is 22.4 Å². The molecule has 0 aliphatic heterocycles. The van der Waals surface area contributed by atoms with Crippen LogP contribution < -0.4 is 0 Å². The van der Waals surface area contributed by atoms with Crippen molar-refractivity contribution < 1.29 is 0 Å². The van der Waals surface area contributed by atoms with Crippen molar-refractivity contribution in [2.45, 2.75) is 27.7 Å². The van der Waals surface area contributed by atoms with Gasteiger partial charge in [0.15, 0.2) is 0 Å². The van der Waals surface area contributed by atoms with Crippen LogP contribution in [-0.4, -0.2) is 9.97 Å². The number of aromatic amines is 1. The summed E-state index contributed by atoms with van der Waals surface area (Å²) in [4.78, 5) is 8.13. The third-order valence-electron chi connectivity index (χ3n) is 3.59. The maximum atomic E-state index is 4.71. The Labute approximate surface area is 113 Å². The second-order valence-electron chi connectivity index (χ2n) is 5.42. The van der Waals surface area contributed by atoms with E-state index < -0.39 is 0 Å². The van der Waals surface area contributed by atoms with E-state index in [-0.39, 0.29) is 0 Å². The molecule has 3 rings (SSSR count). The molecule has 2 aromatic carbocycles. The third-order valence-corrected chi connectivity index (χ3v) is 3.59. The number of rotatable bonds is 1. The lowest BCUT2D eigenvalue weighted by Crippen LogP contribution is -1.84. The summed E-state index contributed by atoms with van der Waals surface area (Å²) in [7, 11) is 0. The summed E-state index contributed by atoms with van der Waals surface area (Å²) in [5.41, 5.74) is 8.42. The minimum absolute atomic E-state index is 0.951. The zero-order valence-electron chi connectivity index (χ0n) is 11.8. The van der Waals surface area contributed by atoms with Gasteiger partial charge >= 0.3 is 0 Å². The fourth-order valence-corrected chi connectivity index (χ4v) is 2.52. The molecular weight excluding hydrogens is 232 g/mol. The van der Waals surface area contributed by atoms with Gasteiger partial charge in [-0.25, -0.2) is 4.98 Å². The molecule has 3 aromatic rings. The predicted molar refractivity (Wildman–Crippen MR) is 80.5 cm³/mol. The smallest absolute Gasteiger partial charge is 0.138 e. The second kappa shape index (κ2) is 4.23. The van der Waals surface area contributed by atoms with Crippen LogP contribution in [0.4, 0.5) is 0 Å². The van der Waals surface area contributed by atoms with Gasteiger partial charge in [0.1, 0.15) is 5.82 Å². The molecule has 96 valence electrons. The number of H-pyrrole nitrogens is 1. The first-order valence-corrected chi connectivity index (χ1v) is 6.58. The number of hydrogen-bond acceptors (Lipinski definition) is 1. The molecule has 0 amide bonds. The zero-order chi connectivity index (χ0) is 13.6. The number of aryl methyl sites for hydroxylation is 4. The lowest BCUT2D eigenvalue weighted by molar-refractivity contribution is 1.30. The first kappa shape index (κ1) is 12.0. The number of hydrogen-bond donors (Lipinski definition) is 1. The molecule has 1 heterocycles. The number of imidazole rings is 1. The molecule has 2 heteroatoms. The van der Waals surface area contributed by atoms with E-state index in [4.69, 9.17) is 4.98 Å². The van der Waals surface area contributed by atoms with Crippen molar-refractivity contribution in [2.75, 3.05) is 0 Å². The number of aromatic nitrogens is 2. The van der Waals surface area contributed by atoms with Crippen LogP contribution in [-0.2, 0) is 0 Å². The summed E-state index contributed by atoms with van der Waals surface area (Å²) in [6, 6.07) is 10.8. The maximum Gasteiger partial charge on any atom is 0.138 e. The molecule has 0 aliphatic carbocycles. The molecule has 0 radical (unpaired) electrons. The minimum atomic E-state index is 0.951. The van der Waals surface area contributed by atoms with Crippen LogP contribution in [0.3, 0.4) is 0 Å². The van der Waals surface area contributed by atoms with Gasteiger partial charge < -0.3 is 4.98 Å². The van der Waals surface area contributed by atoms with Crippen molar-refractivity contribution in [3.63, 3.8) is 0 Å². The average Bonchev–Trinajstić information content (AvgIpc) is 2.71. The number of nitrogens with zero attached hydrogens (tertiary/aromatic N) is 1. The molecule has 2 nitrogen and oxygen atoms in total. The van der Waals surface area contributed by atoms with Gasteiger partial charge in [-0.05, 0) is 63.1 Å². The Morgan fingerprint density at radius 3 is 2.11 bits per heavy atom. The van der Waals surface area contributed by atoms with Crippen molar-refractivity contribution in [3.8, 4) is 11.4 Å². The highest BCUT2D eigenvalue weighted by Crippen LogP contribution is 2.24. The van der Waals surface area contributed by atoms with E-state index in [1.54, 1.807) is 0 Å². The molecule has 0 fully saturated rings. The Morgan fingerprint density at radius 2 is 1.42 bits per heavy atom. The van der Waals surface area contributed by atoms with Gasteiger partial charge in [0.05, 0.1) is 11.0 Å². The summed E-state index contributed by atoms with van der Waals surface area (Å²) in [6.45, 7) is 8.49. The Morgan fingerprint density at radius 1 is 0.789 bits per heavy atom. The van der Waals surface area contributed by atoms with Gasteiger partial charge in [-0.1, -0.05) is 17.2 Å². The van der Waals surface area contributed by atoms with Crippen molar-refractivity contribution in [2.24, 2.45) is 0 Å². The molecule has 1 N–H and O–H groups in total. The molecular formula is C17H18N2. The zero-order valence-corrected chi connectivity index (χ0v) is 11.8. The number of benzene rings is 2. The first-order valence-electron chi connectivity index (χ1n) is 6.58. The maximum absolute atomic E-state index is 4.71. The van der Waals surface area contributed by atoms with Gasteiger partial charge in [-0.2, -0.15) is 0 Å². The van der Waals surface area contributed by atoms with Crippen LogP contribution in [0.5, 0.6) is 0 Å². The largest absolute Gasteiger partial charge is 0.338 e. The van der Waals surface area contributed by atoms with Crippen LogP contribution >= 0.6 is 0 Å². The lowest BCUT2D eigenvalue weighted by atomic mass is 10.1. The number of nitrogens with one attached hydrogen (secondary N) is 1. The Bertz CT molecular complexity index is 707. The standard InChI is InChI=1S/C17H18N2/c1-10-5-11(2)7-14(6-10)17-18-15-8-12(3)13(4)9-16(15)19-17/h5-9H,1-4H3,(H,18,19). The van der Waals surface area contributed by atoms with Crippen LogP contribution in [0.2, 0.25) is 0 Å². The van der Waals surface area contributed by atoms with Crippen molar-refractivity contribution in [1.82, 2.24) is 9.97 Å². The van der Waals surface area contributed by atoms with E-state index in [0.717, 1.165) is 22.4 Å². The van der Waals surface area contributed by atoms with E-state index in [2.05, 4.69) is 63.0 Å².